The average Bonchev–Trinajstić information content (AvgIpc) is 2.84. The maximum atomic E-state index is 11.6. The van der Waals surface area contributed by atoms with Crippen LogP contribution in [0.1, 0.15) is 6.42 Å². The first-order valence-electron chi connectivity index (χ1n) is 6.43. The zero-order valence-corrected chi connectivity index (χ0v) is 10.5. The smallest absolute Gasteiger partial charge is 0.310 e. The quantitative estimate of drug-likeness (QED) is 0.648. The topological polar surface area (TPSA) is 90.4 Å². The third-order valence-corrected chi connectivity index (χ3v) is 4.06. The van der Waals surface area contributed by atoms with Gasteiger partial charge >= 0.3 is 5.97 Å². The first-order chi connectivity index (χ1) is 9.24. The van der Waals surface area contributed by atoms with Crippen LogP contribution < -0.4 is 15.5 Å². The summed E-state index contributed by atoms with van der Waals surface area (Å²) in [5, 5.41) is 15.9. The van der Waals surface area contributed by atoms with E-state index in [2.05, 4.69) is 20.6 Å². The van der Waals surface area contributed by atoms with Gasteiger partial charge in [0.1, 0.15) is 0 Å². The van der Waals surface area contributed by atoms with Crippen LogP contribution in [0.4, 0.5) is 5.95 Å². The van der Waals surface area contributed by atoms with Crippen molar-refractivity contribution in [3.05, 3.63) is 18.5 Å². The minimum atomic E-state index is -0.767. The number of hydrogen-bond donors (Lipinski definition) is 3. The van der Waals surface area contributed by atoms with Gasteiger partial charge in [0.25, 0.3) is 0 Å². The van der Waals surface area contributed by atoms with Crippen LogP contribution in [0.25, 0.3) is 0 Å². The maximum absolute atomic E-state index is 11.6. The molecule has 2 aliphatic rings. The second-order valence-corrected chi connectivity index (χ2v) is 5.01. The van der Waals surface area contributed by atoms with Crippen molar-refractivity contribution in [2.24, 2.45) is 5.92 Å². The molecule has 0 aliphatic carbocycles. The van der Waals surface area contributed by atoms with E-state index in [9.17, 15) is 9.90 Å². The van der Waals surface area contributed by atoms with Crippen molar-refractivity contribution in [1.82, 2.24) is 20.6 Å². The summed E-state index contributed by atoms with van der Waals surface area (Å²) in [5.74, 6) is -0.627. The Bertz CT molecular complexity index is 468. The Morgan fingerprint density at radius 1 is 1.42 bits per heavy atom. The van der Waals surface area contributed by atoms with Gasteiger partial charge in [-0.05, 0) is 19.0 Å². The molecular formula is C12H17N5O2. The molecule has 1 aromatic rings. The molecule has 0 radical (unpaired) electrons. The third-order valence-electron chi connectivity index (χ3n) is 4.06. The van der Waals surface area contributed by atoms with Crippen LogP contribution in [0.3, 0.4) is 0 Å². The van der Waals surface area contributed by atoms with E-state index in [0.717, 1.165) is 13.0 Å². The highest BCUT2D eigenvalue weighted by Gasteiger charge is 2.52. The fraction of sp³-hybridized carbons (Fsp3) is 0.583. The fourth-order valence-electron chi connectivity index (χ4n) is 3.10. The number of carbonyl (C=O) groups is 1. The minimum absolute atomic E-state index is 0.432. The summed E-state index contributed by atoms with van der Waals surface area (Å²) in [7, 11) is 0. The lowest BCUT2D eigenvalue weighted by atomic mass is 9.78. The Labute approximate surface area is 111 Å². The van der Waals surface area contributed by atoms with Crippen molar-refractivity contribution in [2.45, 2.75) is 12.0 Å². The Kier molecular flexibility index (Phi) is 3.08. The molecule has 2 aliphatic heterocycles. The van der Waals surface area contributed by atoms with E-state index in [1.165, 1.54) is 0 Å². The number of carboxylic acids is 1. The zero-order valence-electron chi connectivity index (χ0n) is 10.5. The van der Waals surface area contributed by atoms with E-state index in [-0.39, 0.29) is 0 Å². The van der Waals surface area contributed by atoms with Gasteiger partial charge in [0.15, 0.2) is 0 Å². The Morgan fingerprint density at radius 2 is 2.21 bits per heavy atom. The molecule has 1 spiro atoms. The van der Waals surface area contributed by atoms with Crippen LogP contribution in [0.5, 0.6) is 0 Å². The molecule has 2 fully saturated rings. The highest BCUT2D eigenvalue weighted by atomic mass is 16.4. The Balaban J connectivity index is 1.98. The zero-order chi connectivity index (χ0) is 13.3. The molecule has 0 aromatic carbocycles. The largest absolute Gasteiger partial charge is 0.481 e. The molecule has 7 heteroatoms. The lowest BCUT2D eigenvalue weighted by molar-refractivity contribution is -0.144. The molecule has 0 bridgehead atoms. The second-order valence-electron chi connectivity index (χ2n) is 5.01. The van der Waals surface area contributed by atoms with Crippen molar-refractivity contribution in [2.75, 3.05) is 31.2 Å². The number of nitrogens with one attached hydrogen (secondary N) is 2. The first-order valence-corrected chi connectivity index (χ1v) is 6.43. The van der Waals surface area contributed by atoms with Crippen molar-refractivity contribution in [1.29, 1.82) is 0 Å². The van der Waals surface area contributed by atoms with E-state index in [4.69, 9.17) is 0 Å². The monoisotopic (exact) mass is 263 g/mol. The van der Waals surface area contributed by atoms with E-state index < -0.39 is 17.4 Å². The summed E-state index contributed by atoms with van der Waals surface area (Å²) >= 11 is 0. The maximum Gasteiger partial charge on any atom is 0.310 e. The molecule has 7 nitrogen and oxygen atoms in total. The van der Waals surface area contributed by atoms with Crippen LogP contribution in [0.2, 0.25) is 0 Å². The molecule has 3 heterocycles. The van der Waals surface area contributed by atoms with Gasteiger partial charge in [0.2, 0.25) is 5.95 Å². The molecule has 3 rings (SSSR count). The summed E-state index contributed by atoms with van der Waals surface area (Å²) in [6, 6.07) is 1.76. The second kappa shape index (κ2) is 4.75. The highest BCUT2D eigenvalue weighted by molar-refractivity contribution is 5.74. The molecule has 2 saturated heterocycles. The predicted octanol–water partition coefficient (Wildman–Crippen LogP) is -0.723. The van der Waals surface area contributed by atoms with Crippen molar-refractivity contribution in [3.8, 4) is 0 Å². The van der Waals surface area contributed by atoms with Gasteiger partial charge in [0.05, 0.1) is 18.1 Å². The fourth-order valence-corrected chi connectivity index (χ4v) is 3.10. The molecule has 102 valence electrons. The number of aromatic nitrogens is 2. The van der Waals surface area contributed by atoms with Gasteiger partial charge in [-0.3, -0.25) is 10.1 Å². The number of nitrogens with zero attached hydrogens (tertiary/aromatic N) is 3. The van der Waals surface area contributed by atoms with Gasteiger partial charge in [-0.2, -0.15) is 0 Å². The first kappa shape index (κ1) is 12.3. The minimum Gasteiger partial charge on any atom is -0.481 e. The van der Waals surface area contributed by atoms with Gasteiger partial charge in [-0.25, -0.2) is 9.97 Å². The summed E-state index contributed by atoms with van der Waals surface area (Å²) < 4.78 is 0. The lowest BCUT2D eigenvalue weighted by Crippen LogP contribution is -2.62. The van der Waals surface area contributed by atoms with Crippen LogP contribution in [-0.2, 0) is 4.79 Å². The number of aliphatic carboxylic acids is 1. The summed E-state index contributed by atoms with van der Waals surface area (Å²) in [4.78, 5) is 22.1. The van der Waals surface area contributed by atoms with Crippen LogP contribution in [0.15, 0.2) is 18.5 Å². The van der Waals surface area contributed by atoms with Crippen LogP contribution in [0, 0.1) is 5.92 Å². The van der Waals surface area contributed by atoms with Gasteiger partial charge in [-0.1, -0.05) is 0 Å². The molecule has 2 atom stereocenters. The highest BCUT2D eigenvalue weighted by Crippen LogP contribution is 2.35. The van der Waals surface area contributed by atoms with Crippen LogP contribution >= 0.6 is 0 Å². The number of hydrogen-bond acceptors (Lipinski definition) is 6. The van der Waals surface area contributed by atoms with Crippen molar-refractivity contribution >= 4 is 11.9 Å². The predicted molar refractivity (Wildman–Crippen MR) is 68.7 cm³/mol. The number of piperidine rings is 1. The number of carboxylic acid groups (broad SMARTS) is 1. The summed E-state index contributed by atoms with van der Waals surface area (Å²) in [6.07, 6.45) is 4.14. The van der Waals surface area contributed by atoms with E-state index >= 15 is 0 Å². The number of anilines is 1. The SMILES string of the molecule is O=C(O)C1CNCCC12CNCN2c1ncccn1. The lowest BCUT2D eigenvalue weighted by Gasteiger charge is -2.44. The van der Waals surface area contributed by atoms with Crippen molar-refractivity contribution < 1.29 is 9.90 Å². The van der Waals surface area contributed by atoms with Crippen molar-refractivity contribution in [3.63, 3.8) is 0 Å². The molecule has 3 N–H and O–H groups in total. The molecule has 2 unspecified atom stereocenters. The molecule has 0 amide bonds. The Morgan fingerprint density at radius 3 is 2.95 bits per heavy atom. The molecule has 0 saturated carbocycles. The normalized spacial score (nSPS) is 30.7. The average molecular weight is 263 g/mol. The third kappa shape index (κ3) is 1.95. The van der Waals surface area contributed by atoms with Gasteiger partial charge in [0, 0.05) is 25.5 Å². The summed E-state index contributed by atoms with van der Waals surface area (Å²) in [6.45, 7) is 2.55. The number of rotatable bonds is 2. The molecule has 1 aromatic heterocycles. The Hall–Kier alpha value is -1.73. The van der Waals surface area contributed by atoms with E-state index in [0.29, 0.717) is 25.7 Å². The van der Waals surface area contributed by atoms with Crippen LogP contribution in [-0.4, -0.2) is 52.9 Å². The standard InChI is InChI=1S/C12H17N5O2/c18-10(19)9-6-13-5-2-12(9)7-14-8-17(12)11-15-3-1-4-16-11/h1,3-4,9,13-14H,2,5-8H2,(H,18,19). The summed E-state index contributed by atoms with van der Waals surface area (Å²) in [5.41, 5.74) is -0.432. The van der Waals surface area contributed by atoms with E-state index in [1.54, 1.807) is 18.5 Å². The molecule has 19 heavy (non-hydrogen) atoms. The van der Waals surface area contributed by atoms with Gasteiger partial charge in [-0.15, -0.1) is 0 Å². The van der Waals surface area contributed by atoms with Gasteiger partial charge < -0.3 is 15.3 Å². The van der Waals surface area contributed by atoms with E-state index in [1.807, 2.05) is 4.90 Å². The molecular weight excluding hydrogens is 246 g/mol.